The normalized spacial score (nSPS) is 20.6. The van der Waals surface area contributed by atoms with Gasteiger partial charge in [-0.1, -0.05) is 0 Å². The van der Waals surface area contributed by atoms with Crippen LogP contribution in [0.5, 0.6) is 0 Å². The van der Waals surface area contributed by atoms with Crippen LogP contribution in [0.4, 0.5) is 5.95 Å². The third-order valence-corrected chi connectivity index (χ3v) is 6.81. The van der Waals surface area contributed by atoms with Crippen LogP contribution in [0, 0.1) is 6.92 Å². The van der Waals surface area contributed by atoms with Gasteiger partial charge < -0.3 is 14.5 Å². The Hall–Kier alpha value is -2.68. The number of nitrogens with zero attached hydrogens (tertiary/aromatic N) is 5. The molecule has 2 aliphatic heterocycles. The fourth-order valence-corrected chi connectivity index (χ4v) is 5.02. The summed E-state index contributed by atoms with van der Waals surface area (Å²) in [7, 11) is 0. The molecule has 1 aliphatic carbocycles. The van der Waals surface area contributed by atoms with Crippen molar-refractivity contribution >= 4 is 11.9 Å². The second-order valence-corrected chi connectivity index (χ2v) is 8.63. The maximum atomic E-state index is 12.8. The maximum absolute atomic E-state index is 12.8. The van der Waals surface area contributed by atoms with Gasteiger partial charge in [0.2, 0.25) is 11.9 Å². The van der Waals surface area contributed by atoms with Crippen molar-refractivity contribution in [3.05, 3.63) is 39.6 Å². The standard InChI is InChI=1S/C21H28N6O3/c1-15-3-7-27(24-15)14-17(28)25-8-5-21(6-9-25)4-2-16-18(21)22-20(23-19(16)29)26-10-12-30-13-11-26/h3,7H,2,4-6,8-14H2,1H3,(H,22,23,29). The van der Waals surface area contributed by atoms with Gasteiger partial charge in [0.1, 0.15) is 6.54 Å². The van der Waals surface area contributed by atoms with Crippen LogP contribution < -0.4 is 10.5 Å². The summed E-state index contributed by atoms with van der Waals surface area (Å²) in [5, 5.41) is 4.32. The van der Waals surface area contributed by atoms with E-state index in [1.165, 1.54) is 0 Å². The smallest absolute Gasteiger partial charge is 0.255 e. The zero-order valence-electron chi connectivity index (χ0n) is 17.4. The van der Waals surface area contributed by atoms with Crippen LogP contribution in [-0.4, -0.2) is 69.9 Å². The number of nitrogens with one attached hydrogen (secondary N) is 1. The van der Waals surface area contributed by atoms with Crippen LogP contribution in [0.15, 0.2) is 17.1 Å². The molecule has 2 aromatic rings. The van der Waals surface area contributed by atoms with Gasteiger partial charge in [0.15, 0.2) is 0 Å². The molecule has 2 aromatic heterocycles. The second-order valence-electron chi connectivity index (χ2n) is 8.63. The third kappa shape index (κ3) is 3.40. The number of hydrogen-bond acceptors (Lipinski definition) is 6. The molecule has 3 aliphatic rings. The highest BCUT2D eigenvalue weighted by Crippen LogP contribution is 2.44. The predicted molar refractivity (Wildman–Crippen MR) is 111 cm³/mol. The van der Waals surface area contributed by atoms with Crippen LogP contribution in [0.25, 0.3) is 0 Å². The van der Waals surface area contributed by atoms with Crippen molar-refractivity contribution < 1.29 is 9.53 Å². The van der Waals surface area contributed by atoms with E-state index >= 15 is 0 Å². The minimum Gasteiger partial charge on any atom is -0.378 e. The average Bonchev–Trinajstić information content (AvgIpc) is 3.33. The third-order valence-electron chi connectivity index (χ3n) is 6.81. The van der Waals surface area contributed by atoms with Crippen molar-refractivity contribution in [2.45, 2.75) is 44.6 Å². The number of carbonyl (C=O) groups is 1. The first kappa shape index (κ1) is 19.3. The van der Waals surface area contributed by atoms with Crippen LogP contribution in [0.1, 0.15) is 36.2 Å². The summed E-state index contributed by atoms with van der Waals surface area (Å²) in [4.78, 5) is 37.4. The number of likely N-dealkylation sites (tertiary alicyclic amines) is 1. The summed E-state index contributed by atoms with van der Waals surface area (Å²) < 4.78 is 7.12. The van der Waals surface area contributed by atoms with Gasteiger partial charge in [-0.15, -0.1) is 0 Å². The van der Waals surface area contributed by atoms with Crippen LogP contribution in [-0.2, 0) is 27.9 Å². The Morgan fingerprint density at radius 3 is 2.67 bits per heavy atom. The van der Waals surface area contributed by atoms with Gasteiger partial charge in [-0.25, -0.2) is 4.98 Å². The monoisotopic (exact) mass is 412 g/mol. The summed E-state index contributed by atoms with van der Waals surface area (Å²) in [6.45, 7) is 6.37. The summed E-state index contributed by atoms with van der Waals surface area (Å²) in [6.07, 6.45) is 5.24. The zero-order valence-corrected chi connectivity index (χ0v) is 17.4. The number of ether oxygens (including phenoxy) is 1. The lowest BCUT2D eigenvalue weighted by Gasteiger charge is -2.39. The molecule has 2 fully saturated rings. The molecule has 2 saturated heterocycles. The van der Waals surface area contributed by atoms with Crippen molar-refractivity contribution in [1.82, 2.24) is 24.6 Å². The predicted octanol–water partition coefficient (Wildman–Crippen LogP) is 0.618. The minimum atomic E-state index is -0.0936. The van der Waals surface area contributed by atoms with Crippen LogP contribution in [0.2, 0.25) is 0 Å². The van der Waals surface area contributed by atoms with E-state index in [9.17, 15) is 9.59 Å². The Morgan fingerprint density at radius 1 is 1.20 bits per heavy atom. The molecule has 9 nitrogen and oxygen atoms in total. The van der Waals surface area contributed by atoms with E-state index in [0.717, 1.165) is 55.7 Å². The van der Waals surface area contributed by atoms with E-state index in [-0.39, 0.29) is 23.4 Å². The SMILES string of the molecule is Cc1ccn(CC(=O)N2CCC3(CCc4c3nc(N3CCOCC3)[nH]c4=O)CC2)n1. The van der Waals surface area contributed by atoms with E-state index in [1.807, 2.05) is 24.1 Å². The van der Waals surface area contributed by atoms with Crippen LogP contribution in [0.3, 0.4) is 0 Å². The number of H-pyrrole nitrogens is 1. The number of morpholine rings is 1. The fourth-order valence-electron chi connectivity index (χ4n) is 5.02. The summed E-state index contributed by atoms with van der Waals surface area (Å²) in [5.41, 5.74) is 2.60. The molecule has 5 rings (SSSR count). The lowest BCUT2D eigenvalue weighted by atomic mass is 9.76. The average molecular weight is 412 g/mol. The van der Waals surface area contributed by atoms with Gasteiger partial charge in [-0.05, 0) is 38.7 Å². The molecule has 1 N–H and O–H groups in total. The van der Waals surface area contributed by atoms with Gasteiger partial charge in [-0.3, -0.25) is 19.3 Å². The molecule has 160 valence electrons. The number of piperidine rings is 1. The summed E-state index contributed by atoms with van der Waals surface area (Å²) >= 11 is 0. The fraction of sp³-hybridized carbons (Fsp3) is 0.619. The van der Waals surface area contributed by atoms with Crippen molar-refractivity contribution in [2.24, 2.45) is 0 Å². The first-order valence-electron chi connectivity index (χ1n) is 10.8. The number of aryl methyl sites for hydroxylation is 1. The molecule has 0 radical (unpaired) electrons. The highest BCUT2D eigenvalue weighted by atomic mass is 16.5. The van der Waals surface area contributed by atoms with E-state index < -0.39 is 0 Å². The topological polar surface area (TPSA) is 96.4 Å². The highest BCUT2D eigenvalue weighted by molar-refractivity contribution is 5.76. The number of hydrogen-bond donors (Lipinski definition) is 1. The molecule has 0 unspecified atom stereocenters. The number of anilines is 1. The second kappa shape index (κ2) is 7.54. The van der Waals surface area contributed by atoms with Crippen LogP contribution >= 0.6 is 0 Å². The van der Waals surface area contributed by atoms with Crippen molar-refractivity contribution in [3.8, 4) is 0 Å². The molecule has 1 amide bonds. The zero-order chi connectivity index (χ0) is 20.7. The quantitative estimate of drug-likeness (QED) is 0.794. The highest BCUT2D eigenvalue weighted by Gasteiger charge is 2.44. The summed E-state index contributed by atoms with van der Waals surface area (Å²) in [5.74, 6) is 0.759. The maximum Gasteiger partial charge on any atom is 0.255 e. The van der Waals surface area contributed by atoms with Crippen molar-refractivity contribution in [1.29, 1.82) is 0 Å². The van der Waals surface area contributed by atoms with E-state index in [2.05, 4.69) is 15.0 Å². The van der Waals surface area contributed by atoms with Gasteiger partial charge in [0.05, 0.1) is 24.6 Å². The molecule has 4 heterocycles. The first-order valence-corrected chi connectivity index (χ1v) is 10.8. The van der Waals surface area contributed by atoms with Crippen molar-refractivity contribution in [2.75, 3.05) is 44.3 Å². The Balaban J connectivity index is 1.32. The number of amides is 1. The van der Waals surface area contributed by atoms with Gasteiger partial charge >= 0.3 is 0 Å². The molecule has 0 bridgehead atoms. The van der Waals surface area contributed by atoms with Gasteiger partial charge in [0, 0.05) is 43.4 Å². The molecule has 30 heavy (non-hydrogen) atoms. The van der Waals surface area contributed by atoms with E-state index in [0.29, 0.717) is 32.3 Å². The number of carbonyl (C=O) groups excluding carboxylic acids is 1. The molecule has 0 aromatic carbocycles. The van der Waals surface area contributed by atoms with Gasteiger partial charge in [0.25, 0.3) is 5.56 Å². The Bertz CT molecular complexity index is 998. The molecule has 1 spiro atoms. The molecule has 0 atom stereocenters. The number of aromatic nitrogens is 4. The molecular weight excluding hydrogens is 384 g/mol. The lowest BCUT2D eigenvalue weighted by molar-refractivity contribution is -0.133. The molecule has 0 saturated carbocycles. The minimum absolute atomic E-state index is 0.00840. The van der Waals surface area contributed by atoms with E-state index in [4.69, 9.17) is 9.72 Å². The number of fused-ring (bicyclic) bond motifs is 2. The number of aromatic amines is 1. The summed E-state index contributed by atoms with van der Waals surface area (Å²) in [6, 6.07) is 1.91. The number of rotatable bonds is 3. The van der Waals surface area contributed by atoms with E-state index in [1.54, 1.807) is 4.68 Å². The van der Waals surface area contributed by atoms with Gasteiger partial charge in [-0.2, -0.15) is 5.10 Å². The molecule has 9 heteroatoms. The Kier molecular flexibility index (Phi) is 4.85. The lowest BCUT2D eigenvalue weighted by Crippen LogP contribution is -2.46. The molecular formula is C21H28N6O3. The van der Waals surface area contributed by atoms with Crippen molar-refractivity contribution in [3.63, 3.8) is 0 Å². The first-order chi connectivity index (χ1) is 14.5. The Labute approximate surface area is 175 Å². The largest absolute Gasteiger partial charge is 0.378 e. The Morgan fingerprint density at radius 2 is 1.97 bits per heavy atom.